The molecule has 1 aromatic carbocycles. The standard InChI is InChI=1S/C15H9F3N2O2/c16-15(17,18)22-10-5-3-9(4-6-10)11-8-13-12(20-14(11)21)2-1-7-19-13/h1-8H,(H,20,21). The van der Waals surface area contributed by atoms with Gasteiger partial charge in [0.2, 0.25) is 0 Å². The van der Waals surface area contributed by atoms with Crippen molar-refractivity contribution in [1.29, 1.82) is 0 Å². The summed E-state index contributed by atoms with van der Waals surface area (Å²) in [6, 6.07) is 10.1. The van der Waals surface area contributed by atoms with Crippen LogP contribution in [0.1, 0.15) is 0 Å². The molecule has 0 saturated carbocycles. The molecule has 0 aliphatic carbocycles. The number of benzene rings is 1. The summed E-state index contributed by atoms with van der Waals surface area (Å²) in [5.74, 6) is -0.341. The molecule has 0 spiro atoms. The fraction of sp³-hybridized carbons (Fsp3) is 0.0667. The quantitative estimate of drug-likeness (QED) is 0.788. The Morgan fingerprint density at radius 1 is 1.09 bits per heavy atom. The third-order valence-electron chi connectivity index (χ3n) is 3.01. The van der Waals surface area contributed by atoms with Gasteiger partial charge in [-0.1, -0.05) is 12.1 Å². The van der Waals surface area contributed by atoms with Crippen LogP contribution in [0, 0.1) is 0 Å². The molecule has 4 nitrogen and oxygen atoms in total. The SMILES string of the molecule is O=c1[nH]c2cccnc2cc1-c1ccc(OC(F)(F)F)cc1. The molecule has 0 saturated heterocycles. The zero-order chi connectivity index (χ0) is 15.7. The van der Waals surface area contributed by atoms with Crippen molar-refractivity contribution in [2.45, 2.75) is 6.36 Å². The second-order valence-corrected chi connectivity index (χ2v) is 4.52. The predicted molar refractivity (Wildman–Crippen MR) is 74.5 cm³/mol. The van der Waals surface area contributed by atoms with Gasteiger partial charge in [0.25, 0.3) is 5.56 Å². The highest BCUT2D eigenvalue weighted by molar-refractivity contribution is 5.79. The number of nitrogens with zero attached hydrogens (tertiary/aromatic N) is 1. The number of fused-ring (bicyclic) bond motifs is 1. The van der Waals surface area contributed by atoms with Crippen molar-refractivity contribution in [3.05, 3.63) is 59.0 Å². The van der Waals surface area contributed by atoms with Crippen molar-refractivity contribution in [3.63, 3.8) is 0 Å². The fourth-order valence-corrected chi connectivity index (χ4v) is 2.08. The van der Waals surface area contributed by atoms with Gasteiger partial charge in [-0.2, -0.15) is 0 Å². The molecule has 2 heterocycles. The normalized spacial score (nSPS) is 11.6. The number of rotatable bonds is 2. The highest BCUT2D eigenvalue weighted by atomic mass is 19.4. The summed E-state index contributed by atoms with van der Waals surface area (Å²) >= 11 is 0. The Hall–Kier alpha value is -2.83. The average Bonchev–Trinajstić information content (AvgIpc) is 2.46. The number of hydrogen-bond acceptors (Lipinski definition) is 3. The van der Waals surface area contributed by atoms with Gasteiger partial charge in [-0.15, -0.1) is 13.2 Å². The topological polar surface area (TPSA) is 55.0 Å². The number of nitrogens with one attached hydrogen (secondary N) is 1. The lowest BCUT2D eigenvalue weighted by molar-refractivity contribution is -0.274. The molecule has 3 rings (SSSR count). The summed E-state index contributed by atoms with van der Waals surface area (Å²) in [7, 11) is 0. The minimum absolute atomic E-state index is 0.324. The van der Waals surface area contributed by atoms with E-state index in [-0.39, 0.29) is 11.3 Å². The molecule has 22 heavy (non-hydrogen) atoms. The number of halogens is 3. The molecule has 2 aromatic heterocycles. The van der Waals surface area contributed by atoms with Gasteiger partial charge in [-0.05, 0) is 35.9 Å². The van der Waals surface area contributed by atoms with Gasteiger partial charge in [0.15, 0.2) is 0 Å². The number of H-pyrrole nitrogens is 1. The third kappa shape index (κ3) is 2.93. The molecule has 0 atom stereocenters. The molecule has 112 valence electrons. The second kappa shape index (κ2) is 5.18. The third-order valence-corrected chi connectivity index (χ3v) is 3.01. The Bertz CT molecular complexity index is 870. The maximum atomic E-state index is 12.1. The predicted octanol–water partition coefficient (Wildman–Crippen LogP) is 3.49. The number of hydrogen-bond donors (Lipinski definition) is 1. The molecule has 0 radical (unpaired) electrons. The van der Waals surface area contributed by atoms with Crippen LogP contribution >= 0.6 is 0 Å². The van der Waals surface area contributed by atoms with E-state index in [1.807, 2.05) is 0 Å². The molecule has 0 aliphatic rings. The molecule has 0 aliphatic heterocycles. The molecule has 0 bridgehead atoms. The lowest BCUT2D eigenvalue weighted by Crippen LogP contribution is -2.17. The van der Waals surface area contributed by atoms with Crippen LogP contribution < -0.4 is 10.3 Å². The van der Waals surface area contributed by atoms with Gasteiger partial charge in [0, 0.05) is 11.8 Å². The van der Waals surface area contributed by atoms with E-state index in [0.29, 0.717) is 22.2 Å². The minimum Gasteiger partial charge on any atom is -0.406 e. The first-order valence-corrected chi connectivity index (χ1v) is 6.27. The summed E-state index contributed by atoms with van der Waals surface area (Å²) in [6.07, 6.45) is -3.16. The molecular formula is C15H9F3N2O2. The molecule has 7 heteroatoms. The number of ether oxygens (including phenoxy) is 1. The van der Waals surface area contributed by atoms with E-state index in [2.05, 4.69) is 14.7 Å². The highest BCUT2D eigenvalue weighted by Crippen LogP contribution is 2.25. The minimum atomic E-state index is -4.74. The number of aromatic amines is 1. The molecule has 0 fully saturated rings. The highest BCUT2D eigenvalue weighted by Gasteiger charge is 2.30. The Kier molecular flexibility index (Phi) is 3.32. The molecule has 1 N–H and O–H groups in total. The molecule has 0 amide bonds. The zero-order valence-corrected chi connectivity index (χ0v) is 11.0. The van der Waals surface area contributed by atoms with Crippen LogP contribution in [0.5, 0.6) is 5.75 Å². The van der Waals surface area contributed by atoms with Gasteiger partial charge in [0.05, 0.1) is 11.0 Å². The van der Waals surface area contributed by atoms with Gasteiger partial charge in [-0.3, -0.25) is 9.78 Å². The van der Waals surface area contributed by atoms with Crippen molar-refractivity contribution in [3.8, 4) is 16.9 Å². The summed E-state index contributed by atoms with van der Waals surface area (Å²) in [5.41, 5.74) is 1.64. The van der Waals surface area contributed by atoms with Gasteiger partial charge < -0.3 is 9.72 Å². The van der Waals surface area contributed by atoms with Crippen molar-refractivity contribution < 1.29 is 17.9 Å². The summed E-state index contributed by atoms with van der Waals surface area (Å²) in [6.45, 7) is 0. The van der Waals surface area contributed by atoms with E-state index < -0.39 is 6.36 Å². The van der Waals surface area contributed by atoms with Crippen molar-refractivity contribution in [2.24, 2.45) is 0 Å². The van der Waals surface area contributed by atoms with Crippen LogP contribution in [-0.2, 0) is 0 Å². The summed E-state index contributed by atoms with van der Waals surface area (Å²) < 4.78 is 40.1. The van der Waals surface area contributed by atoms with E-state index in [9.17, 15) is 18.0 Å². The maximum absolute atomic E-state index is 12.1. The zero-order valence-electron chi connectivity index (χ0n) is 11.0. The van der Waals surface area contributed by atoms with E-state index in [0.717, 1.165) is 12.1 Å². The van der Waals surface area contributed by atoms with Gasteiger partial charge in [-0.25, -0.2) is 0 Å². The van der Waals surface area contributed by atoms with Crippen LogP contribution in [0.15, 0.2) is 53.5 Å². The largest absolute Gasteiger partial charge is 0.573 e. The first kappa shape index (κ1) is 14.1. The second-order valence-electron chi connectivity index (χ2n) is 4.52. The van der Waals surface area contributed by atoms with Crippen LogP contribution in [0.4, 0.5) is 13.2 Å². The first-order chi connectivity index (χ1) is 10.4. The molecule has 0 unspecified atom stereocenters. The van der Waals surface area contributed by atoms with Crippen molar-refractivity contribution in [1.82, 2.24) is 9.97 Å². The fourth-order valence-electron chi connectivity index (χ4n) is 2.08. The van der Waals surface area contributed by atoms with Crippen LogP contribution in [0.3, 0.4) is 0 Å². The van der Waals surface area contributed by atoms with Crippen LogP contribution in [0.25, 0.3) is 22.2 Å². The first-order valence-electron chi connectivity index (χ1n) is 6.27. The Morgan fingerprint density at radius 2 is 1.82 bits per heavy atom. The van der Waals surface area contributed by atoms with Crippen LogP contribution in [-0.4, -0.2) is 16.3 Å². The molecule has 3 aromatic rings. The summed E-state index contributed by atoms with van der Waals surface area (Å²) in [4.78, 5) is 18.9. The maximum Gasteiger partial charge on any atom is 0.573 e. The van der Waals surface area contributed by atoms with E-state index >= 15 is 0 Å². The van der Waals surface area contributed by atoms with E-state index in [4.69, 9.17) is 0 Å². The Morgan fingerprint density at radius 3 is 2.50 bits per heavy atom. The van der Waals surface area contributed by atoms with Crippen LogP contribution in [0.2, 0.25) is 0 Å². The smallest absolute Gasteiger partial charge is 0.406 e. The monoisotopic (exact) mass is 306 g/mol. The Balaban J connectivity index is 2.00. The lowest BCUT2D eigenvalue weighted by atomic mass is 10.1. The van der Waals surface area contributed by atoms with Crippen molar-refractivity contribution >= 4 is 11.0 Å². The lowest BCUT2D eigenvalue weighted by Gasteiger charge is -2.09. The van der Waals surface area contributed by atoms with Crippen molar-refractivity contribution in [2.75, 3.05) is 0 Å². The number of pyridine rings is 2. The number of aromatic nitrogens is 2. The van der Waals surface area contributed by atoms with Gasteiger partial charge >= 0.3 is 6.36 Å². The number of alkyl halides is 3. The van der Waals surface area contributed by atoms with E-state index in [1.165, 1.54) is 12.1 Å². The van der Waals surface area contributed by atoms with Gasteiger partial charge in [0.1, 0.15) is 5.75 Å². The Labute approximate surface area is 122 Å². The average molecular weight is 306 g/mol. The molecular weight excluding hydrogens is 297 g/mol. The van der Waals surface area contributed by atoms with E-state index in [1.54, 1.807) is 24.4 Å². The summed E-state index contributed by atoms with van der Waals surface area (Å²) in [5, 5.41) is 0.